The van der Waals surface area contributed by atoms with Crippen LogP contribution in [0.25, 0.3) is 0 Å². The highest BCUT2D eigenvalue weighted by Crippen LogP contribution is 2.07. The molecule has 0 saturated carbocycles. The van der Waals surface area contributed by atoms with Crippen LogP contribution in [0.4, 0.5) is 0 Å². The van der Waals surface area contributed by atoms with Crippen LogP contribution >= 0.6 is 0 Å². The van der Waals surface area contributed by atoms with Crippen molar-refractivity contribution in [2.24, 2.45) is 17.4 Å². The van der Waals surface area contributed by atoms with Gasteiger partial charge in [0.15, 0.2) is 0 Å². The number of aromatic nitrogens is 2. The summed E-state index contributed by atoms with van der Waals surface area (Å²) in [7, 11) is 0. The van der Waals surface area contributed by atoms with E-state index in [2.05, 4.69) is 25.9 Å². The number of aromatic amines is 1. The van der Waals surface area contributed by atoms with E-state index in [1.165, 1.54) is 12.5 Å². The minimum Gasteiger partial charge on any atom is -0.481 e. The van der Waals surface area contributed by atoms with Gasteiger partial charge in [-0.3, -0.25) is 24.0 Å². The van der Waals surface area contributed by atoms with E-state index in [0.29, 0.717) is 5.69 Å². The van der Waals surface area contributed by atoms with Crippen LogP contribution < -0.4 is 27.4 Å². The fourth-order valence-electron chi connectivity index (χ4n) is 3.19. The molecule has 4 atom stereocenters. The number of nitrogens with two attached hydrogens (primary N) is 2. The molecule has 0 aliphatic heterocycles. The number of hydrogen-bond acceptors (Lipinski definition) is 8. The molecule has 1 aromatic heterocycles. The van der Waals surface area contributed by atoms with Gasteiger partial charge in [0.1, 0.15) is 18.1 Å². The number of carbonyl (C=O) groups is 6. The number of amides is 4. The first-order valence-electron chi connectivity index (χ1n) is 11.2. The van der Waals surface area contributed by atoms with Gasteiger partial charge in [-0.25, -0.2) is 9.78 Å². The van der Waals surface area contributed by atoms with Crippen LogP contribution in [0.15, 0.2) is 12.5 Å². The number of primary amides is 1. The van der Waals surface area contributed by atoms with Gasteiger partial charge in [0, 0.05) is 24.7 Å². The standard InChI is InChI=1S/C21H33N7O8/c1-10(2)5-15(21(35)36)28-20(34)14(7-16(23)29)27-19(33)13(3-4-17(30)31)26-18(32)12(22)6-11-8-24-9-25-11/h8-10,12-15H,3-7,22H2,1-2H3,(H2,23,29)(H,24,25)(H,26,32)(H,27,33)(H,28,34)(H,30,31)(H,35,36). The summed E-state index contributed by atoms with van der Waals surface area (Å²) in [6.07, 6.45) is 1.48. The zero-order chi connectivity index (χ0) is 27.4. The van der Waals surface area contributed by atoms with Crippen molar-refractivity contribution in [2.45, 2.75) is 70.1 Å². The molecule has 0 spiro atoms. The molecule has 0 radical (unpaired) electrons. The van der Waals surface area contributed by atoms with Crippen molar-refractivity contribution in [2.75, 3.05) is 0 Å². The second-order valence-corrected chi connectivity index (χ2v) is 8.64. The van der Waals surface area contributed by atoms with Crippen molar-refractivity contribution in [1.29, 1.82) is 0 Å². The molecule has 0 aliphatic rings. The van der Waals surface area contributed by atoms with Gasteiger partial charge < -0.3 is 42.6 Å². The molecule has 0 fully saturated rings. The van der Waals surface area contributed by atoms with E-state index in [9.17, 15) is 33.9 Å². The van der Waals surface area contributed by atoms with Crippen molar-refractivity contribution in [3.05, 3.63) is 18.2 Å². The van der Waals surface area contributed by atoms with E-state index in [1.54, 1.807) is 13.8 Å². The molecule has 0 bridgehead atoms. The van der Waals surface area contributed by atoms with Crippen molar-refractivity contribution in [1.82, 2.24) is 25.9 Å². The zero-order valence-electron chi connectivity index (χ0n) is 20.0. The predicted molar refractivity (Wildman–Crippen MR) is 124 cm³/mol. The predicted octanol–water partition coefficient (Wildman–Crippen LogP) is -2.40. The molecule has 1 aromatic rings. The van der Waals surface area contributed by atoms with E-state index in [1.807, 2.05) is 0 Å². The smallest absolute Gasteiger partial charge is 0.326 e. The van der Waals surface area contributed by atoms with Crippen LogP contribution in [-0.4, -0.2) is 79.9 Å². The number of H-pyrrole nitrogens is 1. The molecule has 0 saturated heterocycles. The summed E-state index contributed by atoms with van der Waals surface area (Å²) in [5.74, 6) is -6.32. The zero-order valence-corrected chi connectivity index (χ0v) is 20.0. The number of aliphatic carboxylic acids is 2. The van der Waals surface area contributed by atoms with Crippen molar-refractivity contribution >= 4 is 35.6 Å². The third-order valence-corrected chi connectivity index (χ3v) is 4.97. The molecule has 1 rings (SSSR count). The molecule has 0 aromatic carbocycles. The average molecular weight is 512 g/mol. The van der Waals surface area contributed by atoms with E-state index < -0.39 is 72.6 Å². The highest BCUT2D eigenvalue weighted by atomic mass is 16.4. The molecular formula is C21H33N7O8. The SMILES string of the molecule is CC(C)CC(NC(=O)C(CC(N)=O)NC(=O)C(CCC(=O)O)NC(=O)C(N)Cc1cnc[nH]1)C(=O)O. The van der Waals surface area contributed by atoms with Gasteiger partial charge in [0.25, 0.3) is 0 Å². The minimum absolute atomic E-state index is 0.0538. The Hall–Kier alpha value is -4.01. The van der Waals surface area contributed by atoms with Crippen molar-refractivity contribution < 1.29 is 39.0 Å². The van der Waals surface area contributed by atoms with Gasteiger partial charge in [0.05, 0.1) is 18.8 Å². The Kier molecular flexibility index (Phi) is 12.0. The van der Waals surface area contributed by atoms with Crippen LogP contribution in [0.5, 0.6) is 0 Å². The summed E-state index contributed by atoms with van der Waals surface area (Å²) >= 11 is 0. The van der Waals surface area contributed by atoms with Gasteiger partial charge in [0.2, 0.25) is 23.6 Å². The third kappa shape index (κ3) is 10.9. The summed E-state index contributed by atoms with van der Waals surface area (Å²) in [5, 5.41) is 25.2. The van der Waals surface area contributed by atoms with Crippen molar-refractivity contribution in [3.8, 4) is 0 Å². The number of nitrogens with zero attached hydrogens (tertiary/aromatic N) is 1. The topological polar surface area (TPSA) is 260 Å². The lowest BCUT2D eigenvalue weighted by atomic mass is 10.0. The van der Waals surface area contributed by atoms with Crippen LogP contribution in [0.3, 0.4) is 0 Å². The Morgan fingerprint density at radius 1 is 0.972 bits per heavy atom. The maximum atomic E-state index is 12.9. The minimum atomic E-state index is -1.56. The summed E-state index contributed by atoms with van der Waals surface area (Å²) in [5.41, 5.74) is 11.6. The fraction of sp³-hybridized carbons (Fsp3) is 0.571. The lowest BCUT2D eigenvalue weighted by Crippen LogP contribution is -2.58. The Morgan fingerprint density at radius 3 is 2.06 bits per heavy atom. The van der Waals surface area contributed by atoms with Gasteiger partial charge >= 0.3 is 11.9 Å². The molecule has 0 aliphatic carbocycles. The number of carboxylic acids is 2. The van der Waals surface area contributed by atoms with E-state index in [-0.39, 0.29) is 25.2 Å². The number of carboxylic acid groups (broad SMARTS) is 2. The largest absolute Gasteiger partial charge is 0.481 e. The highest BCUT2D eigenvalue weighted by Gasteiger charge is 2.31. The first-order chi connectivity index (χ1) is 16.8. The number of carbonyl (C=O) groups excluding carboxylic acids is 4. The second-order valence-electron chi connectivity index (χ2n) is 8.64. The monoisotopic (exact) mass is 511 g/mol. The van der Waals surface area contributed by atoms with Gasteiger partial charge in [-0.1, -0.05) is 13.8 Å². The maximum absolute atomic E-state index is 12.9. The van der Waals surface area contributed by atoms with Crippen molar-refractivity contribution in [3.63, 3.8) is 0 Å². The average Bonchev–Trinajstić information content (AvgIpc) is 3.27. The molecule has 15 heteroatoms. The lowest BCUT2D eigenvalue weighted by molar-refractivity contribution is -0.143. The Bertz CT molecular complexity index is 935. The van der Waals surface area contributed by atoms with Gasteiger partial charge in [-0.15, -0.1) is 0 Å². The molecular weight excluding hydrogens is 478 g/mol. The molecule has 200 valence electrons. The molecule has 1 heterocycles. The number of nitrogens with one attached hydrogen (secondary N) is 4. The van der Waals surface area contributed by atoms with Gasteiger partial charge in [-0.05, 0) is 18.8 Å². The normalized spacial score (nSPS) is 14.2. The van der Waals surface area contributed by atoms with E-state index in [0.717, 1.165) is 0 Å². The quantitative estimate of drug-likeness (QED) is 0.117. The molecule has 36 heavy (non-hydrogen) atoms. The summed E-state index contributed by atoms with van der Waals surface area (Å²) in [6.45, 7) is 3.50. The number of hydrogen-bond donors (Lipinski definition) is 8. The molecule has 4 unspecified atom stereocenters. The number of rotatable bonds is 16. The Labute approximate surface area is 206 Å². The molecule has 4 amide bonds. The van der Waals surface area contributed by atoms with E-state index >= 15 is 0 Å². The second kappa shape index (κ2) is 14.4. The van der Waals surface area contributed by atoms with Crippen LogP contribution in [0, 0.1) is 5.92 Å². The Balaban J connectivity index is 2.99. The highest BCUT2D eigenvalue weighted by molar-refractivity contribution is 5.96. The summed E-state index contributed by atoms with van der Waals surface area (Å²) in [4.78, 5) is 78.7. The van der Waals surface area contributed by atoms with E-state index in [4.69, 9.17) is 16.6 Å². The Morgan fingerprint density at radius 2 is 1.56 bits per heavy atom. The summed E-state index contributed by atoms with van der Waals surface area (Å²) in [6, 6.07) is -5.38. The fourth-order valence-corrected chi connectivity index (χ4v) is 3.19. The molecule has 10 N–H and O–H groups in total. The third-order valence-electron chi connectivity index (χ3n) is 4.97. The first-order valence-corrected chi connectivity index (χ1v) is 11.2. The number of imidazole rings is 1. The summed E-state index contributed by atoms with van der Waals surface area (Å²) < 4.78 is 0. The van der Waals surface area contributed by atoms with Crippen LogP contribution in [0.2, 0.25) is 0 Å². The molecule has 15 nitrogen and oxygen atoms in total. The van der Waals surface area contributed by atoms with Gasteiger partial charge in [-0.2, -0.15) is 0 Å². The lowest BCUT2D eigenvalue weighted by Gasteiger charge is -2.25. The van der Waals surface area contributed by atoms with Crippen LogP contribution in [0.1, 0.15) is 45.2 Å². The van der Waals surface area contributed by atoms with Crippen LogP contribution in [-0.2, 0) is 35.2 Å². The first kappa shape index (κ1) is 30.0. The maximum Gasteiger partial charge on any atom is 0.326 e.